The van der Waals surface area contributed by atoms with Gasteiger partial charge in [-0.25, -0.2) is 8.42 Å². The molecular formula is C26H30N2O5S. The van der Waals surface area contributed by atoms with E-state index in [0.29, 0.717) is 17.4 Å². The van der Waals surface area contributed by atoms with Gasteiger partial charge >= 0.3 is 0 Å². The average Bonchev–Trinajstić information content (AvgIpc) is 3.17. The molecule has 0 spiro atoms. The first kappa shape index (κ1) is 24.0. The Kier molecular flexibility index (Phi) is 6.79. The molecule has 0 bridgehead atoms. The van der Waals surface area contributed by atoms with Gasteiger partial charge in [-0.2, -0.15) is 0 Å². The molecule has 4 rings (SSSR count). The molecule has 0 saturated carbocycles. The summed E-state index contributed by atoms with van der Waals surface area (Å²) < 4.78 is 30.2. The molecule has 0 N–H and O–H groups in total. The van der Waals surface area contributed by atoms with E-state index in [2.05, 4.69) is 18.7 Å². The predicted molar refractivity (Wildman–Crippen MR) is 134 cm³/mol. The first-order valence-corrected chi connectivity index (χ1v) is 13.4. The Hall–Kier alpha value is -3.13. The van der Waals surface area contributed by atoms with Crippen LogP contribution in [0.3, 0.4) is 0 Å². The average molecular weight is 483 g/mol. The summed E-state index contributed by atoms with van der Waals surface area (Å²) in [6, 6.07) is 13.9. The standard InChI is InChI=1S/C26H30N2O5S/c1-4-27(5-2)20-9-7-19(8-10-20)16-28(21-12-13-34(31,32)17-21)26(30)25-15-23(29)22-11-6-18(3)14-24(22)33-25/h6-11,14-15,21H,4-5,12-13,16-17H2,1-3H3. The van der Waals surface area contributed by atoms with Crippen molar-refractivity contribution in [2.45, 2.75) is 39.8 Å². The van der Waals surface area contributed by atoms with Crippen LogP contribution in [0.1, 0.15) is 41.9 Å². The van der Waals surface area contributed by atoms with Crippen LogP contribution in [0, 0.1) is 6.92 Å². The first-order valence-electron chi connectivity index (χ1n) is 11.6. The van der Waals surface area contributed by atoms with Gasteiger partial charge < -0.3 is 14.2 Å². The fraction of sp³-hybridized carbons (Fsp3) is 0.385. The topological polar surface area (TPSA) is 87.9 Å². The van der Waals surface area contributed by atoms with E-state index in [1.54, 1.807) is 12.1 Å². The SMILES string of the molecule is CCN(CC)c1ccc(CN(C(=O)c2cc(=O)c3ccc(C)cc3o2)C2CCS(=O)(=O)C2)cc1. The molecule has 8 heteroatoms. The number of fused-ring (bicyclic) bond motifs is 1. The van der Waals surface area contributed by atoms with E-state index in [1.807, 2.05) is 37.3 Å². The Labute approximate surface area is 199 Å². The number of sulfone groups is 1. The Morgan fingerprint density at radius 3 is 2.38 bits per heavy atom. The number of amides is 1. The third-order valence-electron chi connectivity index (χ3n) is 6.42. The molecule has 0 aliphatic carbocycles. The molecule has 1 aliphatic rings. The molecule has 180 valence electrons. The number of carbonyl (C=O) groups excluding carboxylic acids is 1. The van der Waals surface area contributed by atoms with E-state index in [0.717, 1.165) is 29.9 Å². The van der Waals surface area contributed by atoms with Gasteiger partial charge in [0.25, 0.3) is 5.91 Å². The second kappa shape index (κ2) is 9.62. The molecule has 2 heterocycles. The third-order valence-corrected chi connectivity index (χ3v) is 8.17. The van der Waals surface area contributed by atoms with E-state index in [1.165, 1.54) is 11.0 Å². The first-order chi connectivity index (χ1) is 16.2. The monoisotopic (exact) mass is 482 g/mol. The summed E-state index contributed by atoms with van der Waals surface area (Å²) in [5, 5.41) is 0.407. The number of anilines is 1. The number of hydrogen-bond donors (Lipinski definition) is 0. The smallest absolute Gasteiger partial charge is 0.290 e. The van der Waals surface area contributed by atoms with Gasteiger partial charge in [-0.1, -0.05) is 18.2 Å². The highest BCUT2D eigenvalue weighted by Gasteiger charge is 2.36. The fourth-order valence-corrected chi connectivity index (χ4v) is 6.23. The van der Waals surface area contributed by atoms with Gasteiger partial charge in [-0.05, 0) is 62.6 Å². The van der Waals surface area contributed by atoms with Crippen molar-refractivity contribution >= 4 is 32.4 Å². The van der Waals surface area contributed by atoms with Gasteiger partial charge in [0.2, 0.25) is 0 Å². The van der Waals surface area contributed by atoms with Crippen molar-refractivity contribution in [3.63, 3.8) is 0 Å². The lowest BCUT2D eigenvalue weighted by atomic mass is 10.1. The number of carbonyl (C=O) groups is 1. The summed E-state index contributed by atoms with van der Waals surface area (Å²) in [4.78, 5) is 30.0. The molecular weight excluding hydrogens is 452 g/mol. The maximum atomic E-state index is 13.6. The van der Waals surface area contributed by atoms with Crippen molar-refractivity contribution in [1.29, 1.82) is 0 Å². The summed E-state index contributed by atoms with van der Waals surface area (Å²) >= 11 is 0. The molecule has 7 nitrogen and oxygen atoms in total. The van der Waals surface area contributed by atoms with Crippen molar-refractivity contribution in [3.05, 3.63) is 75.6 Å². The Morgan fingerprint density at radius 2 is 1.76 bits per heavy atom. The van der Waals surface area contributed by atoms with Gasteiger partial charge in [0, 0.05) is 37.4 Å². The lowest BCUT2D eigenvalue weighted by Crippen LogP contribution is -2.41. The molecule has 1 aromatic heterocycles. The van der Waals surface area contributed by atoms with E-state index in [4.69, 9.17) is 4.42 Å². The van der Waals surface area contributed by atoms with Crippen LogP contribution in [-0.4, -0.2) is 49.9 Å². The van der Waals surface area contributed by atoms with Crippen LogP contribution in [0.5, 0.6) is 0 Å². The lowest BCUT2D eigenvalue weighted by Gasteiger charge is -2.28. The highest BCUT2D eigenvalue weighted by atomic mass is 32.2. The largest absolute Gasteiger partial charge is 0.451 e. The molecule has 0 radical (unpaired) electrons. The van der Waals surface area contributed by atoms with Crippen molar-refractivity contribution in [2.24, 2.45) is 0 Å². The van der Waals surface area contributed by atoms with E-state index in [9.17, 15) is 18.0 Å². The number of aryl methyl sites for hydroxylation is 1. The lowest BCUT2D eigenvalue weighted by molar-refractivity contribution is 0.0648. The number of hydrogen-bond acceptors (Lipinski definition) is 6. The Morgan fingerprint density at radius 1 is 1.06 bits per heavy atom. The van der Waals surface area contributed by atoms with Crippen LogP contribution in [0.2, 0.25) is 0 Å². The normalized spacial score (nSPS) is 17.1. The second-order valence-corrected chi connectivity index (χ2v) is 11.0. The van der Waals surface area contributed by atoms with Crippen LogP contribution in [0.15, 0.2) is 57.7 Å². The molecule has 3 aromatic rings. The Balaban J connectivity index is 1.68. The van der Waals surface area contributed by atoms with Gasteiger partial charge in [-0.3, -0.25) is 9.59 Å². The molecule has 1 saturated heterocycles. The van der Waals surface area contributed by atoms with Crippen molar-refractivity contribution in [2.75, 3.05) is 29.5 Å². The third kappa shape index (κ3) is 5.01. The van der Waals surface area contributed by atoms with Crippen LogP contribution in [0.25, 0.3) is 11.0 Å². The van der Waals surface area contributed by atoms with Gasteiger partial charge in [0.05, 0.1) is 16.9 Å². The molecule has 34 heavy (non-hydrogen) atoms. The van der Waals surface area contributed by atoms with Crippen molar-refractivity contribution in [3.8, 4) is 0 Å². The van der Waals surface area contributed by atoms with Crippen molar-refractivity contribution < 1.29 is 17.6 Å². The van der Waals surface area contributed by atoms with E-state index >= 15 is 0 Å². The highest BCUT2D eigenvalue weighted by molar-refractivity contribution is 7.91. The van der Waals surface area contributed by atoms with Crippen LogP contribution < -0.4 is 10.3 Å². The van der Waals surface area contributed by atoms with Gasteiger partial charge in [-0.15, -0.1) is 0 Å². The summed E-state index contributed by atoms with van der Waals surface area (Å²) in [5.41, 5.74) is 2.93. The van der Waals surface area contributed by atoms with Crippen LogP contribution >= 0.6 is 0 Å². The minimum absolute atomic E-state index is 0.0448. The summed E-state index contributed by atoms with van der Waals surface area (Å²) in [5.74, 6) is -0.598. The maximum Gasteiger partial charge on any atom is 0.290 e. The van der Waals surface area contributed by atoms with E-state index in [-0.39, 0.29) is 29.2 Å². The number of rotatable bonds is 7. The quantitative estimate of drug-likeness (QED) is 0.509. The van der Waals surface area contributed by atoms with E-state index < -0.39 is 21.8 Å². The molecule has 1 fully saturated rings. The van der Waals surface area contributed by atoms with Crippen LogP contribution in [0.4, 0.5) is 5.69 Å². The van der Waals surface area contributed by atoms with Gasteiger partial charge in [0.1, 0.15) is 5.58 Å². The minimum atomic E-state index is -3.21. The Bertz CT molecular complexity index is 1360. The molecule has 2 aromatic carbocycles. The minimum Gasteiger partial charge on any atom is -0.451 e. The number of nitrogens with zero attached hydrogens (tertiary/aromatic N) is 2. The molecule has 1 amide bonds. The second-order valence-electron chi connectivity index (χ2n) is 8.80. The maximum absolute atomic E-state index is 13.6. The summed E-state index contributed by atoms with van der Waals surface area (Å²) in [6.45, 7) is 8.08. The molecule has 1 atom stereocenters. The molecule has 1 aliphatic heterocycles. The molecule has 1 unspecified atom stereocenters. The summed E-state index contributed by atoms with van der Waals surface area (Å²) in [6.07, 6.45) is 0.364. The predicted octanol–water partition coefficient (Wildman–Crippen LogP) is 3.78. The van der Waals surface area contributed by atoms with Crippen LogP contribution in [-0.2, 0) is 16.4 Å². The fourth-order valence-electron chi connectivity index (χ4n) is 4.49. The zero-order valence-corrected chi connectivity index (χ0v) is 20.6. The highest BCUT2D eigenvalue weighted by Crippen LogP contribution is 2.24. The zero-order chi connectivity index (χ0) is 24.5. The zero-order valence-electron chi connectivity index (χ0n) is 19.8. The van der Waals surface area contributed by atoms with Crippen molar-refractivity contribution in [1.82, 2.24) is 4.90 Å². The summed E-state index contributed by atoms with van der Waals surface area (Å²) in [7, 11) is -3.21. The van der Waals surface area contributed by atoms with Gasteiger partial charge in [0.15, 0.2) is 21.0 Å². The number of benzene rings is 2.